The fourth-order valence-electron chi connectivity index (χ4n) is 2.41. The Morgan fingerprint density at radius 1 is 1.50 bits per heavy atom. The highest BCUT2D eigenvalue weighted by Crippen LogP contribution is 2.25. The largest absolute Gasteiger partial charge is 0.481 e. The van der Waals surface area contributed by atoms with Crippen LogP contribution in [0.25, 0.3) is 0 Å². The highest BCUT2D eigenvalue weighted by molar-refractivity contribution is 5.85. The lowest BCUT2D eigenvalue weighted by atomic mass is 9.99. The maximum absolute atomic E-state index is 11.4. The normalized spacial score (nSPS) is 18.6. The Bertz CT molecular complexity index is 506. The van der Waals surface area contributed by atoms with Crippen LogP contribution in [0, 0.1) is 0 Å². The number of carbonyl (C=O) groups excluding carboxylic acids is 1. The van der Waals surface area contributed by atoms with E-state index in [4.69, 9.17) is 5.11 Å². The molecular weight excluding hydrogens is 262 g/mol. The van der Waals surface area contributed by atoms with E-state index in [0.717, 1.165) is 25.8 Å². The summed E-state index contributed by atoms with van der Waals surface area (Å²) in [6.07, 6.45) is 4.35. The number of carboxylic acid groups (broad SMARTS) is 1. The lowest BCUT2D eigenvalue weighted by Gasteiger charge is -2.35. The first-order valence-corrected chi connectivity index (χ1v) is 6.51. The third-order valence-corrected chi connectivity index (χ3v) is 3.34. The van der Waals surface area contributed by atoms with E-state index in [1.807, 2.05) is 4.90 Å². The van der Waals surface area contributed by atoms with Gasteiger partial charge in [-0.3, -0.25) is 4.79 Å². The first-order chi connectivity index (χ1) is 9.61. The minimum Gasteiger partial charge on any atom is -0.481 e. The summed E-state index contributed by atoms with van der Waals surface area (Å²) in [7, 11) is 1.27. The van der Waals surface area contributed by atoms with Gasteiger partial charge in [0.05, 0.1) is 13.5 Å². The molecule has 0 saturated carbocycles. The van der Waals surface area contributed by atoms with Crippen LogP contribution < -0.4 is 4.90 Å². The summed E-state index contributed by atoms with van der Waals surface area (Å²) >= 11 is 0. The number of ether oxygens (including phenoxy) is 1. The number of anilines is 1. The van der Waals surface area contributed by atoms with Crippen LogP contribution in [0.15, 0.2) is 12.3 Å². The zero-order valence-corrected chi connectivity index (χ0v) is 11.3. The molecule has 1 fully saturated rings. The third kappa shape index (κ3) is 3.23. The number of carboxylic acids is 1. The molecule has 0 spiro atoms. The molecule has 1 atom stereocenters. The fourth-order valence-corrected chi connectivity index (χ4v) is 2.41. The standard InChI is InChI=1S/C13H17N3O4/c1-20-13(19)12-14-6-5-10(15-12)16-7-3-2-4-9(16)8-11(17)18/h5-6,9H,2-4,7-8H2,1H3,(H,17,18). The Kier molecular flexibility index (Phi) is 4.49. The molecule has 7 heteroatoms. The molecule has 1 aromatic rings. The van der Waals surface area contributed by atoms with Gasteiger partial charge >= 0.3 is 11.9 Å². The number of methoxy groups -OCH3 is 1. The van der Waals surface area contributed by atoms with Gasteiger partial charge in [0.25, 0.3) is 0 Å². The quantitative estimate of drug-likeness (QED) is 0.825. The number of nitrogens with zero attached hydrogens (tertiary/aromatic N) is 3. The highest BCUT2D eigenvalue weighted by Gasteiger charge is 2.26. The van der Waals surface area contributed by atoms with Crippen molar-refractivity contribution in [3.05, 3.63) is 18.1 Å². The summed E-state index contributed by atoms with van der Waals surface area (Å²) < 4.78 is 4.59. The van der Waals surface area contributed by atoms with Crippen molar-refractivity contribution >= 4 is 17.8 Å². The van der Waals surface area contributed by atoms with Gasteiger partial charge < -0.3 is 14.7 Å². The zero-order chi connectivity index (χ0) is 14.5. The van der Waals surface area contributed by atoms with Crippen LogP contribution in [0.3, 0.4) is 0 Å². The van der Waals surface area contributed by atoms with Gasteiger partial charge in [-0.1, -0.05) is 0 Å². The van der Waals surface area contributed by atoms with E-state index in [9.17, 15) is 9.59 Å². The molecule has 0 aliphatic carbocycles. The van der Waals surface area contributed by atoms with Crippen molar-refractivity contribution < 1.29 is 19.4 Å². The number of hydrogen-bond donors (Lipinski definition) is 1. The minimum atomic E-state index is -0.829. The summed E-state index contributed by atoms with van der Waals surface area (Å²) in [6.45, 7) is 0.732. The number of rotatable bonds is 4. The predicted molar refractivity (Wildman–Crippen MR) is 70.6 cm³/mol. The van der Waals surface area contributed by atoms with E-state index in [0.29, 0.717) is 5.82 Å². The molecule has 2 heterocycles. The first-order valence-electron chi connectivity index (χ1n) is 6.51. The number of esters is 1. The maximum atomic E-state index is 11.4. The highest BCUT2D eigenvalue weighted by atomic mass is 16.5. The number of aliphatic carboxylic acids is 1. The smallest absolute Gasteiger partial charge is 0.376 e. The summed E-state index contributed by atoms with van der Waals surface area (Å²) in [4.78, 5) is 32.4. The second-order valence-corrected chi connectivity index (χ2v) is 4.67. The Morgan fingerprint density at radius 3 is 3.00 bits per heavy atom. The first kappa shape index (κ1) is 14.2. The Labute approximate surface area is 116 Å². The van der Waals surface area contributed by atoms with Crippen molar-refractivity contribution in [2.24, 2.45) is 0 Å². The molecule has 1 aliphatic rings. The van der Waals surface area contributed by atoms with Crippen molar-refractivity contribution in [3.63, 3.8) is 0 Å². The summed E-state index contributed by atoms with van der Waals surface area (Å²) in [5, 5.41) is 8.98. The molecule has 2 rings (SSSR count). The van der Waals surface area contributed by atoms with Gasteiger partial charge in [-0.05, 0) is 25.3 Å². The topological polar surface area (TPSA) is 92.6 Å². The van der Waals surface area contributed by atoms with E-state index in [1.54, 1.807) is 6.07 Å². The van der Waals surface area contributed by atoms with Crippen molar-refractivity contribution in [3.8, 4) is 0 Å². The van der Waals surface area contributed by atoms with Crippen LogP contribution in [0.2, 0.25) is 0 Å². The molecule has 1 N–H and O–H groups in total. The second kappa shape index (κ2) is 6.31. The number of carbonyl (C=O) groups is 2. The summed E-state index contributed by atoms with van der Waals surface area (Å²) in [5.41, 5.74) is 0. The lowest BCUT2D eigenvalue weighted by Crippen LogP contribution is -2.41. The molecule has 20 heavy (non-hydrogen) atoms. The average molecular weight is 279 g/mol. The molecule has 1 aliphatic heterocycles. The van der Waals surface area contributed by atoms with Crippen LogP contribution >= 0.6 is 0 Å². The Morgan fingerprint density at radius 2 is 2.30 bits per heavy atom. The second-order valence-electron chi connectivity index (χ2n) is 4.67. The maximum Gasteiger partial charge on any atom is 0.376 e. The van der Waals surface area contributed by atoms with Crippen molar-refractivity contribution in [1.29, 1.82) is 0 Å². The molecule has 0 amide bonds. The monoisotopic (exact) mass is 279 g/mol. The van der Waals surface area contributed by atoms with Crippen molar-refractivity contribution in [2.45, 2.75) is 31.7 Å². The molecule has 0 aromatic carbocycles. The van der Waals surface area contributed by atoms with Crippen LogP contribution in [-0.2, 0) is 9.53 Å². The minimum absolute atomic E-state index is 0.00958. The molecular formula is C13H17N3O4. The fraction of sp³-hybridized carbons (Fsp3) is 0.538. The Hall–Kier alpha value is -2.18. The molecule has 1 unspecified atom stereocenters. The molecule has 1 saturated heterocycles. The SMILES string of the molecule is COC(=O)c1nccc(N2CCCCC2CC(=O)O)n1. The van der Waals surface area contributed by atoms with Crippen LogP contribution in [0.1, 0.15) is 36.3 Å². The Balaban J connectivity index is 2.23. The van der Waals surface area contributed by atoms with Gasteiger partial charge in [0.1, 0.15) is 5.82 Å². The number of hydrogen-bond acceptors (Lipinski definition) is 6. The number of piperidine rings is 1. The number of aromatic nitrogens is 2. The van der Waals surface area contributed by atoms with E-state index in [1.165, 1.54) is 13.3 Å². The van der Waals surface area contributed by atoms with E-state index >= 15 is 0 Å². The van der Waals surface area contributed by atoms with Gasteiger partial charge in [0.2, 0.25) is 5.82 Å². The van der Waals surface area contributed by atoms with E-state index in [-0.39, 0.29) is 18.3 Å². The van der Waals surface area contributed by atoms with Gasteiger partial charge in [-0.15, -0.1) is 0 Å². The summed E-state index contributed by atoms with van der Waals surface area (Å²) in [5.74, 6) is -0.862. The van der Waals surface area contributed by atoms with Gasteiger partial charge in [0, 0.05) is 18.8 Å². The molecule has 7 nitrogen and oxygen atoms in total. The lowest BCUT2D eigenvalue weighted by molar-refractivity contribution is -0.137. The average Bonchev–Trinajstić information content (AvgIpc) is 2.46. The van der Waals surface area contributed by atoms with E-state index in [2.05, 4.69) is 14.7 Å². The molecule has 1 aromatic heterocycles. The molecule has 0 bridgehead atoms. The molecule has 0 radical (unpaired) electrons. The van der Waals surface area contributed by atoms with Crippen LogP contribution in [0.4, 0.5) is 5.82 Å². The van der Waals surface area contributed by atoms with Gasteiger partial charge in [-0.2, -0.15) is 0 Å². The van der Waals surface area contributed by atoms with Crippen LogP contribution in [-0.4, -0.2) is 46.7 Å². The van der Waals surface area contributed by atoms with E-state index < -0.39 is 11.9 Å². The van der Waals surface area contributed by atoms with Crippen molar-refractivity contribution in [1.82, 2.24) is 9.97 Å². The van der Waals surface area contributed by atoms with Crippen LogP contribution in [0.5, 0.6) is 0 Å². The predicted octanol–water partition coefficient (Wildman–Crippen LogP) is 1.10. The van der Waals surface area contributed by atoms with Gasteiger partial charge in [0.15, 0.2) is 0 Å². The van der Waals surface area contributed by atoms with Crippen molar-refractivity contribution in [2.75, 3.05) is 18.6 Å². The zero-order valence-electron chi connectivity index (χ0n) is 11.3. The summed E-state index contributed by atoms with van der Waals surface area (Å²) in [6, 6.07) is 1.59. The van der Waals surface area contributed by atoms with Gasteiger partial charge in [-0.25, -0.2) is 14.8 Å². The molecule has 108 valence electrons. The third-order valence-electron chi connectivity index (χ3n) is 3.34.